The zero-order chi connectivity index (χ0) is 5.82. The molecular weight excluding hydrogens is 191 g/mol. The molecule has 1 saturated heterocycles. The number of hydrogen-bond acceptors (Lipinski definition) is 1. The van der Waals surface area contributed by atoms with Crippen molar-refractivity contribution in [3.8, 4) is 0 Å². The molecule has 1 aliphatic heterocycles. The van der Waals surface area contributed by atoms with Crippen LogP contribution in [0.4, 0.5) is 0 Å². The maximum Gasteiger partial charge on any atom is 0 e. The van der Waals surface area contributed by atoms with E-state index >= 15 is 0 Å². The van der Waals surface area contributed by atoms with E-state index in [0.29, 0.717) is 0 Å². The van der Waals surface area contributed by atoms with Gasteiger partial charge in [-0.05, 0) is 25.9 Å². The van der Waals surface area contributed by atoms with Crippen molar-refractivity contribution in [2.75, 3.05) is 13.1 Å². The summed E-state index contributed by atoms with van der Waals surface area (Å²) in [6, 6.07) is 0. The van der Waals surface area contributed by atoms with E-state index in [1.165, 1.54) is 6.42 Å². The second-order valence-corrected chi connectivity index (χ2v) is 2.14. The van der Waals surface area contributed by atoms with Crippen LogP contribution in [-0.2, 0) is 37.5 Å². The summed E-state index contributed by atoms with van der Waals surface area (Å²) in [6.07, 6.45) is 5.49. The number of likely N-dealkylation sites (tertiary alicyclic amines) is 1. The van der Waals surface area contributed by atoms with E-state index in [1.54, 1.807) is 4.90 Å². The molecule has 0 unspecified atom stereocenters. The summed E-state index contributed by atoms with van der Waals surface area (Å²) in [4.78, 5) is 11.7. The fourth-order valence-corrected chi connectivity index (χ4v) is 0.985. The molecule has 1 fully saturated rings. The Kier molecular flexibility index (Phi) is 5.71. The molecule has 1 aliphatic rings. The Bertz CT molecular complexity index is 81.1. The van der Waals surface area contributed by atoms with E-state index in [0.717, 1.165) is 25.9 Å². The molecule has 0 spiro atoms. The van der Waals surface area contributed by atoms with Gasteiger partial charge in [0.2, 0.25) is 0 Å². The molecule has 0 atom stereocenters. The molecule has 0 aromatic carbocycles. The van der Waals surface area contributed by atoms with Crippen molar-refractivity contribution < 1.29 is 37.5 Å². The van der Waals surface area contributed by atoms with Gasteiger partial charge in [-0.15, -0.1) is 0 Å². The minimum absolute atomic E-state index is 0. The second kappa shape index (κ2) is 5.37. The zero-order valence-corrected chi connectivity index (χ0v) is 8.31. The quantitative estimate of drug-likeness (QED) is 0.567. The van der Waals surface area contributed by atoms with E-state index < -0.39 is 0 Å². The number of nitrogens with zero attached hydrogens (tertiary/aromatic N) is 1. The molecule has 1 heterocycles. The third-order valence-corrected chi connectivity index (χ3v) is 1.49. The number of rotatable bonds is 1. The van der Waals surface area contributed by atoms with E-state index in [-0.39, 0.29) is 32.7 Å². The normalized spacial score (nSPS) is 18.4. The molecule has 2 nitrogen and oxygen atoms in total. The zero-order valence-electron chi connectivity index (χ0n) is 5.47. The van der Waals surface area contributed by atoms with Crippen LogP contribution in [0.2, 0.25) is 0 Å². The van der Waals surface area contributed by atoms with Gasteiger partial charge in [-0.25, -0.2) is 0 Å². The first kappa shape index (κ1) is 9.57. The van der Waals surface area contributed by atoms with Crippen LogP contribution >= 0.6 is 0 Å². The van der Waals surface area contributed by atoms with Crippen LogP contribution in [0.25, 0.3) is 0 Å². The molecule has 0 aliphatic carbocycles. The second-order valence-electron chi connectivity index (χ2n) is 2.14. The molecule has 0 aromatic rings. The third kappa shape index (κ3) is 3.31. The topological polar surface area (TPSA) is 20.3 Å². The number of amides is 1. The maximum absolute atomic E-state index is 9.96. The van der Waals surface area contributed by atoms with E-state index in [4.69, 9.17) is 0 Å². The fraction of sp³-hybridized carbons (Fsp3) is 0.833. The van der Waals surface area contributed by atoms with Crippen LogP contribution in [0.5, 0.6) is 0 Å². The van der Waals surface area contributed by atoms with Crippen molar-refractivity contribution in [2.24, 2.45) is 0 Å². The van der Waals surface area contributed by atoms with Crippen molar-refractivity contribution >= 4 is 6.41 Å². The van der Waals surface area contributed by atoms with Gasteiger partial charge in [0.25, 0.3) is 0 Å². The Hall–Kier alpha value is 0.574. The van der Waals surface area contributed by atoms with Gasteiger partial charge in [0, 0.05) is 32.7 Å². The van der Waals surface area contributed by atoms with Crippen molar-refractivity contribution in [3.63, 3.8) is 0 Å². The van der Waals surface area contributed by atoms with E-state index in [2.05, 4.69) is 0 Å². The molecule has 0 bridgehead atoms. The molecule has 0 aromatic heterocycles. The van der Waals surface area contributed by atoms with Gasteiger partial charge < -0.3 is 9.69 Å². The van der Waals surface area contributed by atoms with Gasteiger partial charge >= 0.3 is 0 Å². The van der Waals surface area contributed by atoms with Crippen LogP contribution in [0.3, 0.4) is 0 Å². The third-order valence-electron chi connectivity index (χ3n) is 1.49. The van der Waals surface area contributed by atoms with Crippen LogP contribution in [0, 0.1) is 0 Å². The van der Waals surface area contributed by atoms with Crippen molar-refractivity contribution in [3.05, 3.63) is 0 Å². The summed E-state index contributed by atoms with van der Waals surface area (Å²) in [5.41, 5.74) is 0. The van der Waals surface area contributed by atoms with Crippen LogP contribution in [0.1, 0.15) is 19.3 Å². The first-order valence-corrected chi connectivity index (χ1v) is 3.06. The molecule has 0 saturated carbocycles. The average molecular weight is 201 g/mol. The van der Waals surface area contributed by atoms with Crippen molar-refractivity contribution in [1.29, 1.82) is 0 Å². The van der Waals surface area contributed by atoms with Gasteiger partial charge in [0.05, 0.1) is 0 Å². The molecule has 1 amide bonds. The van der Waals surface area contributed by atoms with E-state index in [9.17, 15) is 4.79 Å². The molecular formula is C6H10NOY-. The molecule has 49 valence electrons. The van der Waals surface area contributed by atoms with Gasteiger partial charge in [0.1, 0.15) is 0 Å². The van der Waals surface area contributed by atoms with Crippen molar-refractivity contribution in [2.45, 2.75) is 19.3 Å². The molecule has 1 radical (unpaired) electrons. The number of hydrogen-bond donors (Lipinski definition) is 0. The fourth-order valence-electron chi connectivity index (χ4n) is 0.985. The van der Waals surface area contributed by atoms with Crippen LogP contribution < -0.4 is 0 Å². The first-order valence-electron chi connectivity index (χ1n) is 3.06. The summed E-state index contributed by atoms with van der Waals surface area (Å²) in [6.45, 7) is 1.84. The largest absolute Gasteiger partial charge is 0.520 e. The minimum Gasteiger partial charge on any atom is -0.520 e. The van der Waals surface area contributed by atoms with Gasteiger partial charge in [0.15, 0.2) is 0 Å². The first-order chi connectivity index (χ1) is 3.93. The summed E-state index contributed by atoms with van der Waals surface area (Å²) >= 11 is 0. The Morgan fingerprint density at radius 1 is 1.11 bits per heavy atom. The van der Waals surface area contributed by atoms with Crippen molar-refractivity contribution in [1.82, 2.24) is 4.90 Å². The molecule has 0 N–H and O–H groups in total. The summed E-state index contributed by atoms with van der Waals surface area (Å²) in [5, 5.41) is 0. The Morgan fingerprint density at radius 3 is 2.00 bits per heavy atom. The Morgan fingerprint density at radius 2 is 1.67 bits per heavy atom. The monoisotopic (exact) mass is 201 g/mol. The minimum atomic E-state index is 0. The van der Waals surface area contributed by atoms with Gasteiger partial charge in [-0.3, -0.25) is 0 Å². The predicted octanol–water partition coefficient (Wildman–Crippen LogP) is 0.537. The van der Waals surface area contributed by atoms with Gasteiger partial charge in [-0.2, -0.15) is 6.41 Å². The maximum atomic E-state index is 9.96. The van der Waals surface area contributed by atoms with E-state index in [1.807, 2.05) is 6.41 Å². The van der Waals surface area contributed by atoms with Crippen LogP contribution in [0.15, 0.2) is 0 Å². The van der Waals surface area contributed by atoms with Gasteiger partial charge in [-0.1, -0.05) is 6.42 Å². The smallest absolute Gasteiger partial charge is 0 e. The SMILES string of the molecule is O=[C-]N1CCCCC1.[Y]. The molecule has 9 heavy (non-hydrogen) atoms. The average Bonchev–Trinajstić information content (AvgIpc) is 1.90. The summed E-state index contributed by atoms with van der Waals surface area (Å²) < 4.78 is 0. The van der Waals surface area contributed by atoms with Crippen LogP contribution in [-0.4, -0.2) is 24.4 Å². The summed E-state index contributed by atoms with van der Waals surface area (Å²) in [7, 11) is 0. The Labute approximate surface area is 80.9 Å². The predicted molar refractivity (Wildman–Crippen MR) is 31.1 cm³/mol. The number of carbonyl (C=O) groups excluding carboxylic acids is 1. The molecule has 1 rings (SSSR count). The standard InChI is InChI=1S/C6H10NO.Y/c8-6-7-4-2-1-3-5-7;/h1-5H2;/q-1;. The summed E-state index contributed by atoms with van der Waals surface area (Å²) in [5.74, 6) is 0. The number of piperidine rings is 1. The Balaban J connectivity index is 0.000000640. The molecule has 3 heteroatoms.